The summed E-state index contributed by atoms with van der Waals surface area (Å²) in [6, 6.07) is 12.7. The molecule has 0 spiro atoms. The molecule has 2 aromatic rings. The first kappa shape index (κ1) is 14.7. The molecule has 0 aliphatic carbocycles. The molecule has 0 amide bonds. The Bertz CT molecular complexity index is 588. The molecule has 2 nitrogen and oxygen atoms in total. The van der Waals surface area contributed by atoms with Crippen molar-refractivity contribution in [3.05, 3.63) is 58.9 Å². The van der Waals surface area contributed by atoms with Gasteiger partial charge in [0.05, 0.1) is 12.1 Å². The van der Waals surface area contributed by atoms with E-state index >= 15 is 0 Å². The molecule has 106 valence electrons. The van der Waals surface area contributed by atoms with E-state index in [0.717, 1.165) is 17.7 Å². The van der Waals surface area contributed by atoms with Crippen LogP contribution in [0.25, 0.3) is 0 Å². The molecule has 1 atom stereocenters. The van der Waals surface area contributed by atoms with Crippen LogP contribution in [-0.4, -0.2) is 13.2 Å². The molecule has 2 aromatic carbocycles. The number of benzene rings is 2. The molecule has 1 N–H and O–H groups in total. The van der Waals surface area contributed by atoms with E-state index in [2.05, 4.69) is 5.32 Å². The highest BCUT2D eigenvalue weighted by atomic mass is 35.5. The van der Waals surface area contributed by atoms with Crippen LogP contribution in [-0.2, 0) is 6.42 Å². The lowest BCUT2D eigenvalue weighted by molar-refractivity contribution is 0.409. The van der Waals surface area contributed by atoms with Crippen LogP contribution in [0.1, 0.15) is 12.5 Å². The highest BCUT2D eigenvalue weighted by molar-refractivity contribution is 6.30. The Kier molecular flexibility index (Phi) is 4.85. The standard InChI is InChI=1S/C16H17ClFNO/c1-11(9-12-5-3-4-6-16(12)20-2)19-13-7-8-14(17)15(18)10-13/h3-8,10-11,19H,9H2,1-2H3. The number of halogens is 2. The highest BCUT2D eigenvalue weighted by Gasteiger charge is 2.09. The van der Waals surface area contributed by atoms with Crippen LogP contribution in [0.15, 0.2) is 42.5 Å². The second-order valence-corrected chi connectivity index (χ2v) is 5.10. The maximum Gasteiger partial charge on any atom is 0.143 e. The summed E-state index contributed by atoms with van der Waals surface area (Å²) in [5, 5.41) is 3.39. The van der Waals surface area contributed by atoms with Crippen molar-refractivity contribution in [2.24, 2.45) is 0 Å². The predicted octanol–water partition coefficient (Wildman–Crippen LogP) is 4.53. The number of hydrogen-bond donors (Lipinski definition) is 1. The van der Waals surface area contributed by atoms with Crippen LogP contribution in [0.3, 0.4) is 0 Å². The van der Waals surface area contributed by atoms with Crippen molar-refractivity contribution >= 4 is 17.3 Å². The smallest absolute Gasteiger partial charge is 0.143 e. The number of nitrogens with one attached hydrogen (secondary N) is 1. The molecule has 0 aliphatic rings. The van der Waals surface area contributed by atoms with Gasteiger partial charge in [0.1, 0.15) is 11.6 Å². The first-order valence-electron chi connectivity index (χ1n) is 6.43. The van der Waals surface area contributed by atoms with E-state index in [1.807, 2.05) is 31.2 Å². The van der Waals surface area contributed by atoms with Gasteiger partial charge in [-0.25, -0.2) is 4.39 Å². The van der Waals surface area contributed by atoms with E-state index in [1.54, 1.807) is 19.2 Å². The van der Waals surface area contributed by atoms with Gasteiger partial charge in [-0.2, -0.15) is 0 Å². The first-order valence-corrected chi connectivity index (χ1v) is 6.81. The molecule has 0 aliphatic heterocycles. The maximum atomic E-state index is 13.4. The lowest BCUT2D eigenvalue weighted by Crippen LogP contribution is -2.18. The molecule has 0 fully saturated rings. The Balaban J connectivity index is 2.05. The lowest BCUT2D eigenvalue weighted by Gasteiger charge is -2.17. The van der Waals surface area contributed by atoms with Crippen molar-refractivity contribution in [2.45, 2.75) is 19.4 Å². The summed E-state index contributed by atoms with van der Waals surface area (Å²) in [6.45, 7) is 2.04. The van der Waals surface area contributed by atoms with Crippen molar-refractivity contribution in [1.29, 1.82) is 0 Å². The van der Waals surface area contributed by atoms with Gasteiger partial charge in [0.2, 0.25) is 0 Å². The van der Waals surface area contributed by atoms with Gasteiger partial charge in [-0.1, -0.05) is 29.8 Å². The second kappa shape index (κ2) is 6.62. The average Bonchev–Trinajstić information content (AvgIpc) is 2.43. The van der Waals surface area contributed by atoms with Gasteiger partial charge in [0.25, 0.3) is 0 Å². The number of methoxy groups -OCH3 is 1. The largest absolute Gasteiger partial charge is 0.496 e. The van der Waals surface area contributed by atoms with Gasteiger partial charge < -0.3 is 10.1 Å². The van der Waals surface area contributed by atoms with Gasteiger partial charge in [-0.05, 0) is 43.2 Å². The van der Waals surface area contributed by atoms with Crippen LogP contribution >= 0.6 is 11.6 Å². The number of ether oxygens (including phenoxy) is 1. The van der Waals surface area contributed by atoms with Crippen molar-refractivity contribution in [2.75, 3.05) is 12.4 Å². The van der Waals surface area contributed by atoms with Gasteiger partial charge in [-0.15, -0.1) is 0 Å². The minimum absolute atomic E-state index is 0.132. The number of hydrogen-bond acceptors (Lipinski definition) is 2. The maximum absolute atomic E-state index is 13.4. The van der Waals surface area contributed by atoms with Gasteiger partial charge >= 0.3 is 0 Å². The zero-order valence-electron chi connectivity index (χ0n) is 11.5. The van der Waals surface area contributed by atoms with E-state index in [0.29, 0.717) is 5.69 Å². The number of rotatable bonds is 5. The third-order valence-electron chi connectivity index (χ3n) is 3.05. The predicted molar refractivity (Wildman–Crippen MR) is 81.2 cm³/mol. The van der Waals surface area contributed by atoms with Crippen LogP contribution in [0.5, 0.6) is 5.75 Å². The van der Waals surface area contributed by atoms with Crippen molar-refractivity contribution in [3.63, 3.8) is 0 Å². The van der Waals surface area contributed by atoms with E-state index in [-0.39, 0.29) is 11.1 Å². The lowest BCUT2D eigenvalue weighted by atomic mass is 10.1. The third-order valence-corrected chi connectivity index (χ3v) is 3.36. The Morgan fingerprint density at radius 1 is 1.25 bits per heavy atom. The van der Waals surface area contributed by atoms with E-state index in [4.69, 9.17) is 16.3 Å². The summed E-state index contributed by atoms with van der Waals surface area (Å²) in [5.41, 5.74) is 1.83. The summed E-state index contributed by atoms with van der Waals surface area (Å²) in [6.07, 6.45) is 0.786. The fraction of sp³-hybridized carbons (Fsp3) is 0.250. The fourth-order valence-corrected chi connectivity index (χ4v) is 2.24. The Hall–Kier alpha value is -1.74. The Labute approximate surface area is 123 Å². The molecule has 0 aromatic heterocycles. The Morgan fingerprint density at radius 2 is 2.00 bits per heavy atom. The molecule has 0 heterocycles. The number of anilines is 1. The molecule has 0 saturated carbocycles. The second-order valence-electron chi connectivity index (χ2n) is 4.69. The average molecular weight is 294 g/mol. The normalized spacial score (nSPS) is 12.0. The van der Waals surface area contributed by atoms with Gasteiger partial charge in [0.15, 0.2) is 0 Å². The van der Waals surface area contributed by atoms with E-state index in [1.165, 1.54) is 6.07 Å². The molecule has 20 heavy (non-hydrogen) atoms. The zero-order valence-corrected chi connectivity index (χ0v) is 12.2. The number of para-hydroxylation sites is 1. The quantitative estimate of drug-likeness (QED) is 0.874. The molecular weight excluding hydrogens is 277 g/mol. The molecule has 0 saturated heterocycles. The van der Waals surface area contributed by atoms with E-state index in [9.17, 15) is 4.39 Å². The minimum atomic E-state index is -0.416. The SMILES string of the molecule is COc1ccccc1CC(C)Nc1ccc(Cl)c(F)c1. The van der Waals surface area contributed by atoms with E-state index < -0.39 is 5.82 Å². The molecule has 2 rings (SSSR count). The molecule has 0 bridgehead atoms. The van der Waals surface area contributed by atoms with Crippen LogP contribution in [0.2, 0.25) is 5.02 Å². The zero-order chi connectivity index (χ0) is 14.5. The van der Waals surface area contributed by atoms with Gasteiger partial charge in [-0.3, -0.25) is 0 Å². The molecular formula is C16H17ClFNO. The summed E-state index contributed by atoms with van der Waals surface area (Å²) in [4.78, 5) is 0. The summed E-state index contributed by atoms with van der Waals surface area (Å²) < 4.78 is 18.7. The van der Waals surface area contributed by atoms with Crippen molar-refractivity contribution in [1.82, 2.24) is 0 Å². The molecule has 4 heteroatoms. The molecule has 1 unspecified atom stereocenters. The minimum Gasteiger partial charge on any atom is -0.496 e. The summed E-state index contributed by atoms with van der Waals surface area (Å²) in [7, 11) is 1.66. The van der Waals surface area contributed by atoms with Crippen molar-refractivity contribution in [3.8, 4) is 5.75 Å². The summed E-state index contributed by atoms with van der Waals surface area (Å²) >= 11 is 5.67. The van der Waals surface area contributed by atoms with Crippen LogP contribution in [0, 0.1) is 5.82 Å². The summed E-state index contributed by atoms with van der Waals surface area (Å²) in [5.74, 6) is 0.449. The van der Waals surface area contributed by atoms with Crippen LogP contribution < -0.4 is 10.1 Å². The fourth-order valence-electron chi connectivity index (χ4n) is 2.12. The van der Waals surface area contributed by atoms with Gasteiger partial charge in [0, 0.05) is 11.7 Å². The third kappa shape index (κ3) is 3.64. The molecule has 0 radical (unpaired) electrons. The topological polar surface area (TPSA) is 21.3 Å². The first-order chi connectivity index (χ1) is 9.60. The Morgan fingerprint density at radius 3 is 2.70 bits per heavy atom. The highest BCUT2D eigenvalue weighted by Crippen LogP contribution is 2.22. The van der Waals surface area contributed by atoms with Crippen LogP contribution in [0.4, 0.5) is 10.1 Å². The van der Waals surface area contributed by atoms with Crippen molar-refractivity contribution < 1.29 is 9.13 Å². The monoisotopic (exact) mass is 293 g/mol.